The number of rotatable bonds is 5. The largest absolute Gasteiger partial charge is 0.345 e. The van der Waals surface area contributed by atoms with Gasteiger partial charge in [0, 0.05) is 6.20 Å². The van der Waals surface area contributed by atoms with Gasteiger partial charge in [-0.1, -0.05) is 13.0 Å². The summed E-state index contributed by atoms with van der Waals surface area (Å²) < 4.78 is 0. The van der Waals surface area contributed by atoms with Crippen molar-refractivity contribution in [1.82, 2.24) is 20.5 Å². The van der Waals surface area contributed by atoms with Crippen LogP contribution < -0.4 is 5.32 Å². The number of amides is 1. The van der Waals surface area contributed by atoms with Crippen LogP contribution in [0.25, 0.3) is 0 Å². The van der Waals surface area contributed by atoms with Crippen LogP contribution in [0.15, 0.2) is 24.4 Å². The first kappa shape index (κ1) is 13.7. The van der Waals surface area contributed by atoms with Crippen LogP contribution in [0, 0.1) is 10.1 Å². The summed E-state index contributed by atoms with van der Waals surface area (Å²) >= 11 is 0. The number of hydrogen-bond donors (Lipinski definition) is 2. The van der Waals surface area contributed by atoms with E-state index in [4.69, 9.17) is 0 Å². The normalized spacial score (nSPS) is 10.2. The molecule has 8 heteroatoms. The zero-order valence-corrected chi connectivity index (χ0v) is 10.8. The fraction of sp³-hybridized carbons (Fsp3) is 0.250. The maximum Gasteiger partial charge on any atom is 0.322 e. The van der Waals surface area contributed by atoms with Crippen molar-refractivity contribution in [3.8, 4) is 0 Å². The molecule has 0 aliphatic carbocycles. The van der Waals surface area contributed by atoms with Gasteiger partial charge in [-0.2, -0.15) is 5.10 Å². The summed E-state index contributed by atoms with van der Waals surface area (Å²) in [5.41, 5.74) is 0.519. The smallest absolute Gasteiger partial charge is 0.322 e. The van der Waals surface area contributed by atoms with E-state index in [1.54, 1.807) is 31.3 Å². The molecule has 0 saturated heterocycles. The van der Waals surface area contributed by atoms with Crippen molar-refractivity contribution in [2.75, 3.05) is 0 Å². The van der Waals surface area contributed by atoms with Crippen LogP contribution in [-0.4, -0.2) is 26.0 Å². The number of hydrogen-bond acceptors (Lipinski definition) is 5. The highest BCUT2D eigenvalue weighted by Crippen LogP contribution is 2.21. The molecular formula is C12H13N5O3. The molecule has 8 nitrogen and oxygen atoms in total. The number of nitro groups is 1. The summed E-state index contributed by atoms with van der Waals surface area (Å²) in [6, 6.07) is 5.31. The molecule has 2 aromatic rings. The van der Waals surface area contributed by atoms with Crippen molar-refractivity contribution in [1.29, 1.82) is 0 Å². The van der Waals surface area contributed by atoms with Gasteiger partial charge in [0.25, 0.3) is 5.91 Å². The molecule has 2 aromatic heterocycles. The van der Waals surface area contributed by atoms with Gasteiger partial charge < -0.3 is 5.32 Å². The Morgan fingerprint density at radius 1 is 1.50 bits per heavy atom. The van der Waals surface area contributed by atoms with Crippen molar-refractivity contribution in [2.24, 2.45) is 0 Å². The van der Waals surface area contributed by atoms with E-state index < -0.39 is 10.8 Å². The van der Waals surface area contributed by atoms with E-state index in [0.717, 1.165) is 0 Å². The fourth-order valence-electron chi connectivity index (χ4n) is 1.74. The molecule has 0 aliphatic rings. The van der Waals surface area contributed by atoms with Crippen LogP contribution >= 0.6 is 0 Å². The molecule has 2 N–H and O–H groups in total. The molecule has 104 valence electrons. The van der Waals surface area contributed by atoms with Crippen LogP contribution in [-0.2, 0) is 13.0 Å². The molecule has 2 rings (SSSR count). The van der Waals surface area contributed by atoms with E-state index >= 15 is 0 Å². The summed E-state index contributed by atoms with van der Waals surface area (Å²) in [5, 5.41) is 19.8. The topological polar surface area (TPSA) is 114 Å². The number of carbonyl (C=O) groups excluding carboxylic acids is 1. The first-order valence-electron chi connectivity index (χ1n) is 6.03. The number of carbonyl (C=O) groups is 1. The molecule has 0 aromatic carbocycles. The Hall–Kier alpha value is -2.77. The van der Waals surface area contributed by atoms with Gasteiger partial charge in [-0.3, -0.25) is 25.0 Å². The minimum absolute atomic E-state index is 0.136. The monoisotopic (exact) mass is 275 g/mol. The van der Waals surface area contributed by atoms with E-state index in [1.807, 2.05) is 0 Å². The molecule has 0 spiro atoms. The summed E-state index contributed by atoms with van der Waals surface area (Å²) in [6.45, 7) is 1.93. The Bertz CT molecular complexity index is 623. The van der Waals surface area contributed by atoms with Gasteiger partial charge in [-0.25, -0.2) is 0 Å². The van der Waals surface area contributed by atoms with Gasteiger partial charge in [0.2, 0.25) is 5.69 Å². The summed E-state index contributed by atoms with van der Waals surface area (Å²) in [7, 11) is 0. The highest BCUT2D eigenvalue weighted by Gasteiger charge is 2.27. The van der Waals surface area contributed by atoms with Gasteiger partial charge in [0.15, 0.2) is 0 Å². The lowest BCUT2D eigenvalue weighted by atomic mass is 10.2. The van der Waals surface area contributed by atoms with Gasteiger partial charge in [-0.15, -0.1) is 0 Å². The molecule has 0 unspecified atom stereocenters. The van der Waals surface area contributed by atoms with Crippen LogP contribution in [0.3, 0.4) is 0 Å². The first-order chi connectivity index (χ1) is 9.63. The Kier molecular flexibility index (Phi) is 4.04. The third-order valence-electron chi connectivity index (χ3n) is 2.71. The van der Waals surface area contributed by atoms with E-state index in [-0.39, 0.29) is 23.6 Å². The second-order valence-electron chi connectivity index (χ2n) is 4.01. The Labute approximate surface area is 114 Å². The number of nitrogens with zero attached hydrogens (tertiary/aromatic N) is 3. The molecule has 0 saturated carbocycles. The molecular weight excluding hydrogens is 262 g/mol. The van der Waals surface area contributed by atoms with Crippen LogP contribution in [0.2, 0.25) is 0 Å². The number of nitrogens with one attached hydrogen (secondary N) is 2. The number of aryl methyl sites for hydroxylation is 1. The fourth-order valence-corrected chi connectivity index (χ4v) is 1.74. The summed E-state index contributed by atoms with van der Waals surface area (Å²) in [5.74, 6) is -0.574. The van der Waals surface area contributed by atoms with Gasteiger partial charge in [-0.05, 0) is 18.6 Å². The van der Waals surface area contributed by atoms with Crippen molar-refractivity contribution in [2.45, 2.75) is 19.9 Å². The van der Waals surface area contributed by atoms with E-state index in [2.05, 4.69) is 20.5 Å². The molecule has 1 amide bonds. The Morgan fingerprint density at radius 2 is 2.30 bits per heavy atom. The standard InChI is InChI=1S/C12H13N5O3/c1-2-9-11(17(19)20)10(16-15-9)12(18)14-7-8-5-3-4-6-13-8/h3-6H,2,7H2,1H3,(H,14,18)(H,15,16). The zero-order chi connectivity index (χ0) is 14.5. The van der Waals surface area contributed by atoms with E-state index in [9.17, 15) is 14.9 Å². The number of H-pyrrole nitrogens is 1. The number of aromatic nitrogens is 3. The van der Waals surface area contributed by atoms with Crippen molar-refractivity contribution < 1.29 is 9.72 Å². The average molecular weight is 275 g/mol. The predicted molar refractivity (Wildman–Crippen MR) is 70.0 cm³/mol. The quantitative estimate of drug-likeness (QED) is 0.628. The van der Waals surface area contributed by atoms with Crippen molar-refractivity contribution in [3.63, 3.8) is 0 Å². The lowest BCUT2D eigenvalue weighted by Gasteiger charge is -2.02. The van der Waals surface area contributed by atoms with E-state index in [0.29, 0.717) is 12.1 Å². The molecule has 0 fully saturated rings. The zero-order valence-electron chi connectivity index (χ0n) is 10.8. The molecule has 0 aliphatic heterocycles. The van der Waals surface area contributed by atoms with Crippen LogP contribution in [0.1, 0.15) is 28.8 Å². The Balaban J connectivity index is 2.14. The van der Waals surface area contributed by atoms with Gasteiger partial charge in [0.1, 0.15) is 5.69 Å². The van der Waals surface area contributed by atoms with Crippen LogP contribution in [0.4, 0.5) is 5.69 Å². The summed E-state index contributed by atoms with van der Waals surface area (Å²) in [6.07, 6.45) is 1.98. The number of aromatic amines is 1. The maximum absolute atomic E-state index is 12.0. The predicted octanol–water partition coefficient (Wildman–Crippen LogP) is 1.21. The summed E-state index contributed by atoms with van der Waals surface area (Å²) in [4.78, 5) is 26.4. The molecule has 0 bridgehead atoms. The molecule has 2 heterocycles. The third-order valence-corrected chi connectivity index (χ3v) is 2.71. The van der Waals surface area contributed by atoms with Crippen molar-refractivity contribution in [3.05, 3.63) is 51.6 Å². The second-order valence-corrected chi connectivity index (χ2v) is 4.01. The Morgan fingerprint density at radius 3 is 2.90 bits per heavy atom. The highest BCUT2D eigenvalue weighted by atomic mass is 16.6. The highest BCUT2D eigenvalue weighted by molar-refractivity contribution is 5.96. The number of pyridine rings is 1. The SMILES string of the molecule is CCc1n[nH]c(C(=O)NCc2ccccn2)c1[N+](=O)[O-]. The lowest BCUT2D eigenvalue weighted by molar-refractivity contribution is -0.385. The van der Waals surface area contributed by atoms with Gasteiger partial charge >= 0.3 is 5.69 Å². The molecule has 20 heavy (non-hydrogen) atoms. The minimum Gasteiger partial charge on any atom is -0.345 e. The maximum atomic E-state index is 12.0. The van der Waals surface area contributed by atoms with Gasteiger partial charge in [0.05, 0.1) is 17.2 Å². The van der Waals surface area contributed by atoms with Crippen LogP contribution in [0.5, 0.6) is 0 Å². The second kappa shape index (κ2) is 5.91. The lowest BCUT2D eigenvalue weighted by Crippen LogP contribution is -2.24. The molecule has 0 atom stereocenters. The third kappa shape index (κ3) is 2.79. The average Bonchev–Trinajstić information content (AvgIpc) is 2.90. The minimum atomic E-state index is -0.599. The first-order valence-corrected chi connectivity index (χ1v) is 6.03. The van der Waals surface area contributed by atoms with E-state index in [1.165, 1.54) is 0 Å². The van der Waals surface area contributed by atoms with Crippen molar-refractivity contribution >= 4 is 11.6 Å². The molecule has 0 radical (unpaired) electrons.